The van der Waals surface area contributed by atoms with Gasteiger partial charge in [-0.05, 0) is 12.1 Å². The van der Waals surface area contributed by atoms with E-state index in [2.05, 4.69) is 4.98 Å². The van der Waals surface area contributed by atoms with Crippen LogP contribution >= 0.6 is 0 Å². The second-order valence-corrected chi connectivity index (χ2v) is 3.41. The van der Waals surface area contributed by atoms with Gasteiger partial charge in [-0.25, -0.2) is 13.6 Å². The van der Waals surface area contributed by atoms with E-state index in [-0.39, 0.29) is 17.8 Å². The standard InChI is InChI=1S/C11H8F2N2O2/c12-8-4-14-5-9(13)7(8)6-15-3-1-2-10(15)11(16)17/h1-5H,6H2,(H,16,17). The maximum absolute atomic E-state index is 13.3. The molecule has 0 unspecified atom stereocenters. The van der Waals surface area contributed by atoms with Crippen LogP contribution in [0.2, 0.25) is 0 Å². The monoisotopic (exact) mass is 238 g/mol. The second kappa shape index (κ2) is 4.32. The molecular weight excluding hydrogens is 230 g/mol. The molecule has 0 amide bonds. The van der Waals surface area contributed by atoms with Crippen molar-refractivity contribution in [3.05, 3.63) is 53.6 Å². The number of hydrogen-bond acceptors (Lipinski definition) is 2. The van der Waals surface area contributed by atoms with Crippen molar-refractivity contribution in [3.8, 4) is 0 Å². The smallest absolute Gasteiger partial charge is 0.352 e. The summed E-state index contributed by atoms with van der Waals surface area (Å²) in [6, 6.07) is 2.86. The van der Waals surface area contributed by atoms with Crippen LogP contribution in [0.3, 0.4) is 0 Å². The highest BCUT2D eigenvalue weighted by atomic mass is 19.1. The van der Waals surface area contributed by atoms with Gasteiger partial charge < -0.3 is 9.67 Å². The number of carboxylic acids is 1. The molecule has 0 spiro atoms. The fourth-order valence-corrected chi connectivity index (χ4v) is 1.51. The summed E-state index contributed by atoms with van der Waals surface area (Å²) in [7, 11) is 0. The third-order valence-electron chi connectivity index (χ3n) is 2.33. The van der Waals surface area contributed by atoms with Gasteiger partial charge >= 0.3 is 5.97 Å². The Labute approximate surface area is 95.1 Å². The first-order valence-electron chi connectivity index (χ1n) is 4.76. The third-order valence-corrected chi connectivity index (χ3v) is 2.33. The van der Waals surface area contributed by atoms with Crippen LogP contribution < -0.4 is 0 Å². The van der Waals surface area contributed by atoms with Crippen LogP contribution in [-0.4, -0.2) is 20.6 Å². The molecule has 2 aromatic heterocycles. The molecule has 0 fully saturated rings. The van der Waals surface area contributed by atoms with E-state index in [1.54, 1.807) is 0 Å². The van der Waals surface area contributed by atoms with Crippen molar-refractivity contribution in [2.45, 2.75) is 6.54 Å². The summed E-state index contributed by atoms with van der Waals surface area (Å²) in [5.74, 6) is -2.74. The van der Waals surface area contributed by atoms with E-state index in [0.29, 0.717) is 0 Å². The fraction of sp³-hybridized carbons (Fsp3) is 0.0909. The molecule has 1 N–H and O–H groups in total. The summed E-state index contributed by atoms with van der Waals surface area (Å²) < 4.78 is 27.9. The van der Waals surface area contributed by atoms with Crippen LogP contribution in [0, 0.1) is 11.6 Å². The van der Waals surface area contributed by atoms with Crippen molar-refractivity contribution in [2.75, 3.05) is 0 Å². The number of aromatic carboxylic acids is 1. The van der Waals surface area contributed by atoms with Gasteiger partial charge in [0.25, 0.3) is 0 Å². The first-order valence-corrected chi connectivity index (χ1v) is 4.76. The van der Waals surface area contributed by atoms with Gasteiger partial charge in [-0.15, -0.1) is 0 Å². The molecule has 17 heavy (non-hydrogen) atoms. The molecule has 0 atom stereocenters. The molecule has 4 nitrogen and oxygen atoms in total. The van der Waals surface area contributed by atoms with Gasteiger partial charge in [0.1, 0.15) is 17.3 Å². The van der Waals surface area contributed by atoms with Gasteiger partial charge in [0.05, 0.1) is 18.9 Å². The van der Waals surface area contributed by atoms with Crippen LogP contribution in [0.25, 0.3) is 0 Å². The number of rotatable bonds is 3. The molecule has 0 bridgehead atoms. The molecule has 2 rings (SSSR count). The van der Waals surface area contributed by atoms with E-state index in [1.165, 1.54) is 22.9 Å². The summed E-state index contributed by atoms with van der Waals surface area (Å²) in [5, 5.41) is 8.85. The van der Waals surface area contributed by atoms with Crippen LogP contribution in [-0.2, 0) is 6.54 Å². The molecule has 0 aliphatic heterocycles. The SMILES string of the molecule is O=C(O)c1cccn1Cc1c(F)cncc1F. The lowest BCUT2D eigenvalue weighted by Crippen LogP contribution is -2.11. The fourth-order valence-electron chi connectivity index (χ4n) is 1.51. The summed E-state index contributed by atoms with van der Waals surface area (Å²) in [6.07, 6.45) is 3.23. The Morgan fingerprint density at radius 3 is 2.59 bits per heavy atom. The first-order chi connectivity index (χ1) is 8.09. The highest BCUT2D eigenvalue weighted by Gasteiger charge is 2.14. The minimum absolute atomic E-state index is 0.0272. The normalized spacial score (nSPS) is 10.5. The molecule has 0 aliphatic rings. The Bertz CT molecular complexity index is 546. The van der Waals surface area contributed by atoms with Gasteiger partial charge in [0.2, 0.25) is 0 Å². The van der Waals surface area contributed by atoms with Crippen molar-refractivity contribution in [3.63, 3.8) is 0 Å². The second-order valence-electron chi connectivity index (χ2n) is 3.41. The molecule has 6 heteroatoms. The predicted octanol–water partition coefficient (Wildman–Crippen LogP) is 1.91. The highest BCUT2D eigenvalue weighted by molar-refractivity contribution is 5.85. The van der Waals surface area contributed by atoms with Crippen molar-refractivity contribution in [1.82, 2.24) is 9.55 Å². The van der Waals surface area contributed by atoms with E-state index >= 15 is 0 Å². The minimum Gasteiger partial charge on any atom is -0.477 e. The van der Waals surface area contributed by atoms with Crippen LogP contribution in [0.1, 0.15) is 16.1 Å². The lowest BCUT2D eigenvalue weighted by molar-refractivity contribution is 0.0685. The number of pyridine rings is 1. The van der Waals surface area contributed by atoms with E-state index in [9.17, 15) is 13.6 Å². The summed E-state index contributed by atoms with van der Waals surface area (Å²) in [6.45, 7) is -0.186. The van der Waals surface area contributed by atoms with Crippen molar-refractivity contribution < 1.29 is 18.7 Å². The van der Waals surface area contributed by atoms with Crippen molar-refractivity contribution >= 4 is 5.97 Å². The summed E-state index contributed by atoms with van der Waals surface area (Å²) in [5.41, 5.74) is -0.237. The molecule has 0 saturated heterocycles. The molecule has 0 aliphatic carbocycles. The predicted molar refractivity (Wildman–Crippen MR) is 54.6 cm³/mol. The van der Waals surface area contributed by atoms with Gasteiger partial charge in [0.15, 0.2) is 0 Å². The Morgan fingerprint density at radius 2 is 2.00 bits per heavy atom. The highest BCUT2D eigenvalue weighted by Crippen LogP contribution is 2.14. The summed E-state index contributed by atoms with van der Waals surface area (Å²) in [4.78, 5) is 14.2. The Kier molecular flexibility index (Phi) is 2.86. The van der Waals surface area contributed by atoms with Crippen molar-refractivity contribution in [2.24, 2.45) is 0 Å². The molecule has 0 saturated carbocycles. The lowest BCUT2D eigenvalue weighted by atomic mass is 10.2. The van der Waals surface area contributed by atoms with Gasteiger partial charge in [-0.3, -0.25) is 4.98 Å². The van der Waals surface area contributed by atoms with Crippen LogP contribution in [0.4, 0.5) is 8.78 Å². The van der Waals surface area contributed by atoms with E-state index in [1.807, 2.05) is 0 Å². The molecule has 0 radical (unpaired) electrons. The van der Waals surface area contributed by atoms with Gasteiger partial charge in [-0.1, -0.05) is 0 Å². The average molecular weight is 238 g/mol. The largest absolute Gasteiger partial charge is 0.477 e. The zero-order chi connectivity index (χ0) is 12.4. The van der Waals surface area contributed by atoms with Gasteiger partial charge in [-0.2, -0.15) is 0 Å². The molecule has 0 aromatic carbocycles. The molecule has 2 aromatic rings. The molecular formula is C11H8F2N2O2. The number of nitrogens with zero attached hydrogens (tertiary/aromatic N) is 2. The Balaban J connectivity index is 2.38. The topological polar surface area (TPSA) is 55.1 Å². The zero-order valence-corrected chi connectivity index (χ0v) is 8.60. The number of carboxylic acid groups (broad SMARTS) is 1. The van der Waals surface area contributed by atoms with E-state index in [0.717, 1.165) is 12.4 Å². The minimum atomic E-state index is -1.15. The number of halogens is 2. The van der Waals surface area contributed by atoms with E-state index in [4.69, 9.17) is 5.11 Å². The average Bonchev–Trinajstić information content (AvgIpc) is 2.72. The quantitative estimate of drug-likeness (QED) is 0.888. The van der Waals surface area contributed by atoms with E-state index < -0.39 is 17.6 Å². The summed E-state index contributed by atoms with van der Waals surface area (Å²) >= 11 is 0. The van der Waals surface area contributed by atoms with Crippen LogP contribution in [0.5, 0.6) is 0 Å². The first kappa shape index (κ1) is 11.3. The van der Waals surface area contributed by atoms with Gasteiger partial charge in [0, 0.05) is 11.8 Å². The lowest BCUT2D eigenvalue weighted by Gasteiger charge is -2.07. The maximum atomic E-state index is 13.3. The number of aromatic nitrogens is 2. The number of carbonyl (C=O) groups is 1. The molecule has 2 heterocycles. The Hall–Kier alpha value is -2.24. The maximum Gasteiger partial charge on any atom is 0.352 e. The third kappa shape index (κ3) is 2.15. The zero-order valence-electron chi connectivity index (χ0n) is 8.60. The Morgan fingerprint density at radius 1 is 1.35 bits per heavy atom. The van der Waals surface area contributed by atoms with Crippen LogP contribution in [0.15, 0.2) is 30.7 Å². The number of hydrogen-bond donors (Lipinski definition) is 1. The van der Waals surface area contributed by atoms with Crippen molar-refractivity contribution in [1.29, 1.82) is 0 Å². The molecule has 88 valence electrons.